The van der Waals surface area contributed by atoms with Gasteiger partial charge in [-0.15, -0.1) is 0 Å². The predicted octanol–water partition coefficient (Wildman–Crippen LogP) is 4.14. The third-order valence-electron chi connectivity index (χ3n) is 4.88. The van der Waals surface area contributed by atoms with Crippen molar-refractivity contribution in [3.63, 3.8) is 0 Å². The number of carbonyl (C=O) groups excluding carboxylic acids is 1. The number of nitrogens with zero attached hydrogens (tertiary/aromatic N) is 2. The molecule has 140 valence electrons. The van der Waals surface area contributed by atoms with Crippen LogP contribution in [0.5, 0.6) is 5.75 Å². The number of aromatic nitrogens is 1. The molecule has 5 nitrogen and oxygen atoms in total. The van der Waals surface area contributed by atoms with Crippen LogP contribution in [0.15, 0.2) is 84.8 Å². The fourth-order valence-corrected chi connectivity index (χ4v) is 3.53. The molecule has 28 heavy (non-hydrogen) atoms. The van der Waals surface area contributed by atoms with E-state index in [1.54, 1.807) is 18.2 Å². The maximum Gasteiger partial charge on any atom is 0.290 e. The third kappa shape index (κ3) is 3.22. The summed E-state index contributed by atoms with van der Waals surface area (Å²) in [6, 6.07) is 22.3. The molecule has 0 bridgehead atoms. The summed E-state index contributed by atoms with van der Waals surface area (Å²) in [4.78, 5) is 19.0. The van der Waals surface area contributed by atoms with E-state index in [4.69, 9.17) is 4.74 Å². The first-order chi connectivity index (χ1) is 13.7. The van der Waals surface area contributed by atoms with Gasteiger partial charge in [0.2, 0.25) is 0 Å². The number of rotatable bonds is 5. The van der Waals surface area contributed by atoms with Crippen molar-refractivity contribution in [2.24, 2.45) is 0 Å². The summed E-state index contributed by atoms with van der Waals surface area (Å²) in [5.41, 5.74) is 3.07. The number of pyridine rings is 1. The highest BCUT2D eigenvalue weighted by Gasteiger charge is 2.41. The van der Waals surface area contributed by atoms with Gasteiger partial charge >= 0.3 is 0 Å². The lowest BCUT2D eigenvalue weighted by Crippen LogP contribution is -2.30. The molecule has 3 aromatic rings. The highest BCUT2D eigenvalue weighted by atomic mass is 16.5. The van der Waals surface area contributed by atoms with Crippen LogP contribution in [-0.4, -0.2) is 28.0 Å². The maximum atomic E-state index is 13.0. The predicted molar refractivity (Wildman–Crippen MR) is 107 cm³/mol. The van der Waals surface area contributed by atoms with Gasteiger partial charge in [-0.05, 0) is 35.4 Å². The molecule has 0 spiro atoms. The minimum atomic E-state index is -0.399. The number of carbonyl (C=O) groups is 1. The van der Waals surface area contributed by atoms with Crippen LogP contribution in [-0.2, 0) is 11.3 Å². The number of aliphatic hydroxyl groups is 1. The standard InChI is InChI=1S/C23H20N2O3/c1-28-19-12-10-16(11-13-19)20-21(17-7-3-2-4-8-17)25(23(27)22(20)26)15-18-9-5-6-14-24-18/h2-14,21,26H,15H2,1H3/t21-/m1/s1. The summed E-state index contributed by atoms with van der Waals surface area (Å²) < 4.78 is 5.23. The van der Waals surface area contributed by atoms with Gasteiger partial charge in [-0.2, -0.15) is 0 Å². The zero-order valence-electron chi connectivity index (χ0n) is 15.4. The molecule has 1 N–H and O–H groups in total. The molecular weight excluding hydrogens is 352 g/mol. The summed E-state index contributed by atoms with van der Waals surface area (Å²) in [6.07, 6.45) is 1.70. The Hall–Kier alpha value is -3.60. The molecule has 2 aromatic carbocycles. The quantitative estimate of drug-likeness (QED) is 0.731. The van der Waals surface area contributed by atoms with Crippen molar-refractivity contribution in [3.05, 3.63) is 102 Å². The first-order valence-electron chi connectivity index (χ1n) is 9.02. The lowest BCUT2D eigenvalue weighted by atomic mass is 9.93. The maximum absolute atomic E-state index is 13.0. The molecule has 1 aliphatic rings. The molecule has 0 radical (unpaired) electrons. The molecular formula is C23H20N2O3. The van der Waals surface area contributed by atoms with Gasteiger partial charge in [0.1, 0.15) is 5.75 Å². The highest BCUT2D eigenvalue weighted by molar-refractivity contribution is 6.05. The molecule has 5 heteroatoms. The van der Waals surface area contributed by atoms with Gasteiger partial charge in [0.15, 0.2) is 5.76 Å². The average Bonchev–Trinajstić information content (AvgIpc) is 3.00. The van der Waals surface area contributed by atoms with Crippen LogP contribution in [0.25, 0.3) is 5.57 Å². The monoisotopic (exact) mass is 372 g/mol. The molecule has 0 unspecified atom stereocenters. The molecule has 1 atom stereocenters. The van der Waals surface area contributed by atoms with Crippen molar-refractivity contribution in [3.8, 4) is 5.75 Å². The Kier molecular flexibility index (Phi) is 4.81. The molecule has 1 aromatic heterocycles. The fourth-order valence-electron chi connectivity index (χ4n) is 3.53. The normalized spacial score (nSPS) is 16.5. The van der Waals surface area contributed by atoms with E-state index in [1.807, 2.05) is 72.8 Å². The largest absolute Gasteiger partial charge is 0.503 e. The number of ether oxygens (including phenoxy) is 1. The lowest BCUT2D eigenvalue weighted by Gasteiger charge is -2.27. The van der Waals surface area contributed by atoms with E-state index in [9.17, 15) is 9.90 Å². The van der Waals surface area contributed by atoms with Crippen LogP contribution in [0, 0.1) is 0 Å². The van der Waals surface area contributed by atoms with Gasteiger partial charge in [0, 0.05) is 11.8 Å². The number of aliphatic hydroxyl groups excluding tert-OH is 1. The first kappa shape index (κ1) is 17.8. The first-order valence-corrected chi connectivity index (χ1v) is 9.02. The molecule has 0 saturated carbocycles. The SMILES string of the molecule is COc1ccc(C2=C(O)C(=O)N(Cc3ccccn3)[C@@H]2c2ccccc2)cc1. The molecule has 1 amide bonds. The molecule has 1 aliphatic heterocycles. The van der Waals surface area contributed by atoms with Crippen molar-refractivity contribution in [2.45, 2.75) is 12.6 Å². The van der Waals surface area contributed by atoms with Crippen LogP contribution in [0.3, 0.4) is 0 Å². The van der Waals surface area contributed by atoms with Crippen LogP contribution in [0.2, 0.25) is 0 Å². The second-order valence-electron chi connectivity index (χ2n) is 6.56. The van der Waals surface area contributed by atoms with Crippen molar-refractivity contribution < 1.29 is 14.6 Å². The van der Waals surface area contributed by atoms with E-state index in [1.165, 1.54) is 0 Å². The van der Waals surface area contributed by atoms with E-state index in [-0.39, 0.29) is 5.76 Å². The number of methoxy groups -OCH3 is 1. The van der Waals surface area contributed by atoms with Crippen LogP contribution < -0.4 is 4.74 Å². The van der Waals surface area contributed by atoms with Gasteiger partial charge in [-0.3, -0.25) is 9.78 Å². The summed E-state index contributed by atoms with van der Waals surface area (Å²) in [5.74, 6) is 0.0926. The van der Waals surface area contributed by atoms with Crippen molar-refractivity contribution in [1.82, 2.24) is 9.88 Å². The van der Waals surface area contributed by atoms with Crippen LogP contribution in [0.4, 0.5) is 0 Å². The average molecular weight is 372 g/mol. The molecule has 4 rings (SSSR count). The Morgan fingerprint density at radius 3 is 2.36 bits per heavy atom. The molecule has 0 saturated heterocycles. The van der Waals surface area contributed by atoms with E-state index in [0.717, 1.165) is 22.6 Å². The van der Waals surface area contributed by atoms with E-state index < -0.39 is 11.9 Å². The zero-order chi connectivity index (χ0) is 19.5. The summed E-state index contributed by atoms with van der Waals surface area (Å²) in [7, 11) is 1.60. The summed E-state index contributed by atoms with van der Waals surface area (Å²) in [6.45, 7) is 0.308. The van der Waals surface area contributed by atoms with Crippen molar-refractivity contribution in [1.29, 1.82) is 0 Å². The molecule has 0 fully saturated rings. The van der Waals surface area contributed by atoms with Crippen molar-refractivity contribution >= 4 is 11.5 Å². The number of hydrogen-bond donors (Lipinski definition) is 1. The van der Waals surface area contributed by atoms with Gasteiger partial charge in [0.25, 0.3) is 5.91 Å². The second-order valence-corrected chi connectivity index (χ2v) is 6.56. The number of amides is 1. The van der Waals surface area contributed by atoms with Crippen molar-refractivity contribution in [2.75, 3.05) is 7.11 Å². The van der Waals surface area contributed by atoms with Crippen LogP contribution in [0.1, 0.15) is 22.9 Å². The van der Waals surface area contributed by atoms with E-state index >= 15 is 0 Å². The lowest BCUT2D eigenvalue weighted by molar-refractivity contribution is -0.130. The minimum Gasteiger partial charge on any atom is -0.503 e. The Bertz CT molecular complexity index is 999. The second kappa shape index (κ2) is 7.56. The Labute approximate surface area is 163 Å². The van der Waals surface area contributed by atoms with Gasteiger partial charge < -0.3 is 14.7 Å². The fraction of sp³-hybridized carbons (Fsp3) is 0.130. The van der Waals surface area contributed by atoms with Gasteiger partial charge in [0.05, 0.1) is 25.4 Å². The Morgan fingerprint density at radius 2 is 1.71 bits per heavy atom. The third-order valence-corrected chi connectivity index (χ3v) is 4.88. The molecule has 2 heterocycles. The summed E-state index contributed by atoms with van der Waals surface area (Å²) in [5, 5.41) is 10.8. The minimum absolute atomic E-state index is 0.227. The number of benzene rings is 2. The molecule has 0 aliphatic carbocycles. The smallest absolute Gasteiger partial charge is 0.290 e. The highest BCUT2D eigenvalue weighted by Crippen LogP contribution is 2.43. The Morgan fingerprint density at radius 1 is 1.00 bits per heavy atom. The van der Waals surface area contributed by atoms with E-state index in [0.29, 0.717) is 12.1 Å². The topological polar surface area (TPSA) is 62.7 Å². The van der Waals surface area contributed by atoms with Crippen LogP contribution >= 0.6 is 0 Å². The zero-order valence-corrected chi connectivity index (χ0v) is 15.4. The van der Waals surface area contributed by atoms with E-state index in [2.05, 4.69) is 4.98 Å². The number of hydrogen-bond acceptors (Lipinski definition) is 4. The Balaban J connectivity index is 1.79. The van der Waals surface area contributed by atoms with Gasteiger partial charge in [-0.1, -0.05) is 48.5 Å². The van der Waals surface area contributed by atoms with Gasteiger partial charge in [-0.25, -0.2) is 0 Å². The summed E-state index contributed by atoms with van der Waals surface area (Å²) >= 11 is 0.